The van der Waals surface area contributed by atoms with E-state index in [2.05, 4.69) is 24.1 Å². The van der Waals surface area contributed by atoms with Crippen LogP contribution in [-0.4, -0.2) is 41.0 Å². The van der Waals surface area contributed by atoms with Crippen LogP contribution in [0.4, 0.5) is 0 Å². The van der Waals surface area contributed by atoms with Gasteiger partial charge in [0, 0.05) is 31.5 Å². The van der Waals surface area contributed by atoms with Crippen molar-refractivity contribution in [2.45, 2.75) is 38.8 Å². The lowest BCUT2D eigenvalue weighted by Crippen LogP contribution is -2.41. The van der Waals surface area contributed by atoms with Crippen molar-refractivity contribution in [3.05, 3.63) is 30.1 Å². The van der Waals surface area contributed by atoms with Crippen molar-refractivity contribution in [2.75, 3.05) is 13.1 Å². The quantitative estimate of drug-likeness (QED) is 0.851. The van der Waals surface area contributed by atoms with Gasteiger partial charge in [-0.2, -0.15) is 0 Å². The summed E-state index contributed by atoms with van der Waals surface area (Å²) in [6.45, 7) is 5.83. The Balaban J connectivity index is 1.83. The molecule has 0 radical (unpaired) electrons. The molecule has 18 heavy (non-hydrogen) atoms. The van der Waals surface area contributed by atoms with Crippen LogP contribution in [-0.2, 0) is 11.2 Å². The number of rotatable bonds is 5. The lowest BCUT2D eigenvalue weighted by Gasteiger charge is -2.18. The minimum absolute atomic E-state index is 0.0161. The topological polar surface area (TPSA) is 45.2 Å². The normalized spacial score (nSPS) is 19.8. The van der Waals surface area contributed by atoms with E-state index < -0.39 is 0 Å². The van der Waals surface area contributed by atoms with Gasteiger partial charge in [-0.1, -0.05) is 13.8 Å². The number of hydrogen-bond acceptors (Lipinski definition) is 3. The summed E-state index contributed by atoms with van der Waals surface area (Å²) in [5.74, 6) is 0.248. The average Bonchev–Trinajstić information content (AvgIpc) is 2.69. The van der Waals surface area contributed by atoms with Crippen molar-refractivity contribution in [3.8, 4) is 0 Å². The first-order chi connectivity index (χ1) is 8.66. The minimum atomic E-state index is 0.0161. The molecule has 0 saturated carbocycles. The molecule has 0 aliphatic carbocycles. The fraction of sp³-hybridized carbons (Fsp3) is 0.571. The molecule has 98 valence electrons. The number of amides is 1. The smallest absolute Gasteiger partial charge is 0.239 e. The highest BCUT2D eigenvalue weighted by Gasteiger charge is 2.31. The highest BCUT2D eigenvalue weighted by atomic mass is 16.2. The lowest BCUT2D eigenvalue weighted by atomic mass is 10.2. The van der Waals surface area contributed by atoms with Gasteiger partial charge in [0.1, 0.15) is 0 Å². The zero-order valence-electron chi connectivity index (χ0n) is 11.1. The third kappa shape index (κ3) is 3.29. The molecule has 2 rings (SSSR count). The summed E-state index contributed by atoms with van der Waals surface area (Å²) in [7, 11) is 0. The summed E-state index contributed by atoms with van der Waals surface area (Å²) in [6.07, 6.45) is 5.42. The molecule has 4 nitrogen and oxygen atoms in total. The van der Waals surface area contributed by atoms with Gasteiger partial charge >= 0.3 is 0 Å². The van der Waals surface area contributed by atoms with E-state index in [4.69, 9.17) is 0 Å². The largest absolute Gasteiger partial charge is 0.341 e. The Morgan fingerprint density at radius 3 is 2.83 bits per heavy atom. The summed E-state index contributed by atoms with van der Waals surface area (Å²) in [4.78, 5) is 18.1. The van der Waals surface area contributed by atoms with E-state index in [1.54, 1.807) is 12.4 Å². The van der Waals surface area contributed by atoms with Crippen molar-refractivity contribution < 1.29 is 4.79 Å². The average molecular weight is 247 g/mol. The standard InChI is InChI=1S/C14H21N3O/c1-11(2)16-13-6-10-17(14(13)18)9-5-12-3-7-15-8-4-12/h3-4,7-8,11,13,16H,5-6,9-10H2,1-2H3. The monoisotopic (exact) mass is 247 g/mol. The predicted molar refractivity (Wildman–Crippen MR) is 71.2 cm³/mol. The fourth-order valence-corrected chi connectivity index (χ4v) is 2.33. The fourth-order valence-electron chi connectivity index (χ4n) is 2.33. The molecule has 1 saturated heterocycles. The van der Waals surface area contributed by atoms with Gasteiger partial charge < -0.3 is 10.2 Å². The molecule has 0 aromatic carbocycles. The van der Waals surface area contributed by atoms with Gasteiger partial charge in [-0.15, -0.1) is 0 Å². The molecule has 1 atom stereocenters. The third-order valence-electron chi connectivity index (χ3n) is 3.25. The van der Waals surface area contributed by atoms with E-state index in [-0.39, 0.29) is 11.9 Å². The zero-order chi connectivity index (χ0) is 13.0. The molecule has 1 fully saturated rings. The number of hydrogen-bond donors (Lipinski definition) is 1. The predicted octanol–water partition coefficient (Wildman–Crippen LogP) is 1.22. The molecule has 0 bridgehead atoms. The van der Waals surface area contributed by atoms with Crippen LogP contribution in [0, 0.1) is 0 Å². The Morgan fingerprint density at radius 2 is 2.17 bits per heavy atom. The van der Waals surface area contributed by atoms with Crippen LogP contribution in [0.5, 0.6) is 0 Å². The van der Waals surface area contributed by atoms with E-state index in [0.717, 1.165) is 25.9 Å². The number of aromatic nitrogens is 1. The molecule has 1 unspecified atom stereocenters. The maximum absolute atomic E-state index is 12.1. The first kappa shape index (κ1) is 13.0. The Labute approximate surface area is 108 Å². The molecule has 1 aromatic rings. The number of carbonyl (C=O) groups excluding carboxylic acids is 1. The van der Waals surface area contributed by atoms with Gasteiger partial charge in [0.15, 0.2) is 0 Å². The summed E-state index contributed by atoms with van der Waals surface area (Å²) in [6, 6.07) is 4.39. The Hall–Kier alpha value is -1.42. The van der Waals surface area contributed by atoms with Crippen LogP contribution in [0.25, 0.3) is 0 Å². The first-order valence-corrected chi connectivity index (χ1v) is 6.60. The van der Waals surface area contributed by atoms with Crippen molar-refractivity contribution in [2.24, 2.45) is 0 Å². The highest BCUT2D eigenvalue weighted by Crippen LogP contribution is 2.12. The van der Waals surface area contributed by atoms with E-state index in [0.29, 0.717) is 6.04 Å². The SMILES string of the molecule is CC(C)NC1CCN(CCc2ccncc2)C1=O. The second-order valence-corrected chi connectivity index (χ2v) is 5.09. The number of nitrogens with zero attached hydrogens (tertiary/aromatic N) is 2. The number of carbonyl (C=O) groups is 1. The number of nitrogens with one attached hydrogen (secondary N) is 1. The number of likely N-dealkylation sites (tertiary alicyclic amines) is 1. The van der Waals surface area contributed by atoms with Crippen LogP contribution >= 0.6 is 0 Å². The van der Waals surface area contributed by atoms with E-state index in [9.17, 15) is 4.79 Å². The van der Waals surface area contributed by atoms with E-state index >= 15 is 0 Å². The Kier molecular flexibility index (Phi) is 4.31. The summed E-state index contributed by atoms with van der Waals surface area (Å²) in [5, 5.41) is 3.32. The van der Waals surface area contributed by atoms with Gasteiger partial charge in [-0.3, -0.25) is 9.78 Å². The molecule has 1 N–H and O–H groups in total. The van der Waals surface area contributed by atoms with Gasteiger partial charge in [0.05, 0.1) is 6.04 Å². The van der Waals surface area contributed by atoms with Crippen molar-refractivity contribution in [1.82, 2.24) is 15.2 Å². The summed E-state index contributed by atoms with van der Waals surface area (Å²) < 4.78 is 0. The molecule has 1 aromatic heterocycles. The van der Waals surface area contributed by atoms with Gasteiger partial charge in [-0.25, -0.2) is 0 Å². The molecular weight excluding hydrogens is 226 g/mol. The second kappa shape index (κ2) is 5.96. The molecule has 0 spiro atoms. The molecule has 2 heterocycles. The van der Waals surface area contributed by atoms with Crippen LogP contribution < -0.4 is 5.32 Å². The van der Waals surface area contributed by atoms with Crippen LogP contribution in [0.2, 0.25) is 0 Å². The maximum Gasteiger partial charge on any atom is 0.239 e. The number of pyridine rings is 1. The Morgan fingerprint density at radius 1 is 1.44 bits per heavy atom. The van der Waals surface area contributed by atoms with Crippen LogP contribution in [0.3, 0.4) is 0 Å². The van der Waals surface area contributed by atoms with Crippen LogP contribution in [0.15, 0.2) is 24.5 Å². The van der Waals surface area contributed by atoms with Crippen molar-refractivity contribution in [3.63, 3.8) is 0 Å². The third-order valence-corrected chi connectivity index (χ3v) is 3.25. The van der Waals surface area contributed by atoms with E-state index in [1.807, 2.05) is 17.0 Å². The van der Waals surface area contributed by atoms with Crippen LogP contribution in [0.1, 0.15) is 25.8 Å². The van der Waals surface area contributed by atoms with E-state index in [1.165, 1.54) is 5.56 Å². The molecule has 1 amide bonds. The molecule has 4 heteroatoms. The second-order valence-electron chi connectivity index (χ2n) is 5.09. The molecule has 1 aliphatic heterocycles. The summed E-state index contributed by atoms with van der Waals surface area (Å²) in [5.41, 5.74) is 1.23. The van der Waals surface area contributed by atoms with Gasteiger partial charge in [-0.05, 0) is 30.5 Å². The highest BCUT2D eigenvalue weighted by molar-refractivity contribution is 5.84. The molecule has 1 aliphatic rings. The summed E-state index contributed by atoms with van der Waals surface area (Å²) >= 11 is 0. The van der Waals surface area contributed by atoms with Crippen molar-refractivity contribution in [1.29, 1.82) is 0 Å². The minimum Gasteiger partial charge on any atom is -0.341 e. The Bertz CT molecular complexity index is 391. The first-order valence-electron chi connectivity index (χ1n) is 6.60. The van der Waals surface area contributed by atoms with Crippen molar-refractivity contribution >= 4 is 5.91 Å². The van der Waals surface area contributed by atoms with Gasteiger partial charge in [0.2, 0.25) is 5.91 Å². The lowest BCUT2D eigenvalue weighted by molar-refractivity contribution is -0.129. The maximum atomic E-state index is 12.1. The zero-order valence-corrected chi connectivity index (χ0v) is 11.1. The van der Waals surface area contributed by atoms with Gasteiger partial charge in [0.25, 0.3) is 0 Å². The molecular formula is C14H21N3O.